The van der Waals surface area contributed by atoms with Crippen molar-refractivity contribution >= 4 is 28.6 Å². The molecule has 1 aliphatic carbocycles. The van der Waals surface area contributed by atoms with Crippen molar-refractivity contribution in [2.75, 3.05) is 6.54 Å². The van der Waals surface area contributed by atoms with Crippen LogP contribution in [0.5, 0.6) is 0 Å². The van der Waals surface area contributed by atoms with E-state index in [0.29, 0.717) is 11.9 Å². The van der Waals surface area contributed by atoms with E-state index in [-0.39, 0.29) is 18.3 Å². The number of amides is 3. The molecule has 1 aromatic heterocycles. The fraction of sp³-hybridized carbons (Fsp3) is 0.379. The normalized spacial score (nSPS) is 15.9. The maximum absolute atomic E-state index is 13.3. The number of rotatable bonds is 13. The Morgan fingerprint density at radius 2 is 1.69 bits per heavy atom. The number of nitrogens with zero attached hydrogens (tertiary/aromatic N) is 1. The largest absolute Gasteiger partial charge is 0.390 e. The molecule has 3 amide bonds. The molecule has 39 heavy (non-hydrogen) atoms. The van der Waals surface area contributed by atoms with Gasteiger partial charge in [0.25, 0.3) is 5.91 Å². The minimum Gasteiger partial charge on any atom is -0.390 e. The molecule has 4 rings (SSSR count). The first-order valence-corrected chi connectivity index (χ1v) is 13.2. The van der Waals surface area contributed by atoms with Crippen molar-refractivity contribution < 1.29 is 24.3 Å². The Labute approximate surface area is 227 Å². The highest BCUT2D eigenvalue weighted by atomic mass is 16.7. The van der Waals surface area contributed by atoms with Crippen molar-refractivity contribution in [1.29, 1.82) is 0 Å². The maximum Gasteiger partial charge on any atom is 0.270 e. The number of fused-ring (bicyclic) bond motifs is 1. The molecular formula is C29H35N5O5. The predicted molar refractivity (Wildman–Crippen MR) is 146 cm³/mol. The van der Waals surface area contributed by atoms with Crippen molar-refractivity contribution in [2.45, 2.75) is 62.8 Å². The zero-order chi connectivity index (χ0) is 27.6. The van der Waals surface area contributed by atoms with Crippen molar-refractivity contribution in [3.8, 4) is 0 Å². The Bertz CT molecular complexity index is 1270. The maximum atomic E-state index is 13.3. The van der Waals surface area contributed by atoms with Gasteiger partial charge in [0.15, 0.2) is 0 Å². The average molecular weight is 534 g/mol. The molecule has 0 saturated heterocycles. The molecule has 206 valence electrons. The van der Waals surface area contributed by atoms with Gasteiger partial charge in [-0.3, -0.25) is 19.2 Å². The van der Waals surface area contributed by atoms with Crippen LogP contribution in [0.1, 0.15) is 48.2 Å². The molecule has 0 unspecified atom stereocenters. The van der Waals surface area contributed by atoms with Crippen molar-refractivity contribution in [2.24, 2.45) is 5.73 Å². The van der Waals surface area contributed by atoms with Crippen molar-refractivity contribution in [3.05, 3.63) is 78.0 Å². The number of pyridine rings is 1. The SMILES string of the molecule is NC(=O)C[C@H](NC(=O)c1ccc2ccccc2n1)C(=O)N[C@@H](Cc1ccccc1)[C@H](O)CNOC1CCCC1. The third kappa shape index (κ3) is 8.31. The van der Waals surface area contributed by atoms with Gasteiger partial charge in [0.1, 0.15) is 11.7 Å². The van der Waals surface area contributed by atoms with E-state index in [2.05, 4.69) is 21.1 Å². The van der Waals surface area contributed by atoms with E-state index >= 15 is 0 Å². The van der Waals surface area contributed by atoms with Gasteiger partial charge >= 0.3 is 0 Å². The topological polar surface area (TPSA) is 156 Å². The van der Waals surface area contributed by atoms with Crippen LogP contribution in [0.3, 0.4) is 0 Å². The number of para-hydroxylation sites is 1. The Kier molecular flexibility index (Phi) is 9.96. The molecule has 0 bridgehead atoms. The van der Waals surface area contributed by atoms with Gasteiger partial charge in [-0.05, 0) is 37.0 Å². The van der Waals surface area contributed by atoms with Crippen molar-refractivity contribution in [3.63, 3.8) is 0 Å². The van der Waals surface area contributed by atoms with Crippen LogP contribution in [-0.2, 0) is 20.8 Å². The molecule has 1 fully saturated rings. The van der Waals surface area contributed by atoms with Crippen LogP contribution in [0.2, 0.25) is 0 Å². The van der Waals surface area contributed by atoms with Crippen LogP contribution >= 0.6 is 0 Å². The Morgan fingerprint density at radius 1 is 0.974 bits per heavy atom. The van der Waals surface area contributed by atoms with Gasteiger partial charge in [-0.25, -0.2) is 4.98 Å². The summed E-state index contributed by atoms with van der Waals surface area (Å²) in [5.74, 6) is -2.01. The first-order valence-electron chi connectivity index (χ1n) is 13.2. The molecule has 3 atom stereocenters. The summed E-state index contributed by atoms with van der Waals surface area (Å²) in [6.45, 7) is 0.0855. The summed E-state index contributed by atoms with van der Waals surface area (Å²) in [6, 6.07) is 18.1. The van der Waals surface area contributed by atoms with Crippen LogP contribution in [0.15, 0.2) is 66.7 Å². The molecule has 10 heteroatoms. The first-order chi connectivity index (χ1) is 18.9. The lowest BCUT2D eigenvalue weighted by Crippen LogP contribution is -2.55. The van der Waals surface area contributed by atoms with E-state index in [4.69, 9.17) is 10.6 Å². The quantitative estimate of drug-likeness (QED) is 0.210. The predicted octanol–water partition coefficient (Wildman–Crippen LogP) is 1.76. The molecule has 1 aliphatic rings. The summed E-state index contributed by atoms with van der Waals surface area (Å²) < 4.78 is 0. The number of aliphatic hydroxyl groups is 1. The number of carbonyl (C=O) groups is 3. The summed E-state index contributed by atoms with van der Waals surface area (Å²) in [5, 5.41) is 17.2. The number of aromatic nitrogens is 1. The number of carbonyl (C=O) groups excluding carboxylic acids is 3. The number of hydrogen-bond donors (Lipinski definition) is 5. The van der Waals surface area contributed by atoms with Crippen LogP contribution < -0.4 is 21.8 Å². The molecule has 6 N–H and O–H groups in total. The monoisotopic (exact) mass is 533 g/mol. The van der Waals surface area contributed by atoms with Crippen LogP contribution in [0, 0.1) is 0 Å². The number of hydroxylamine groups is 1. The van der Waals surface area contributed by atoms with Gasteiger partial charge in [-0.1, -0.05) is 67.4 Å². The second-order valence-corrected chi connectivity index (χ2v) is 9.83. The van der Waals surface area contributed by atoms with Gasteiger partial charge in [0.2, 0.25) is 11.8 Å². The first kappa shape index (κ1) is 28.2. The van der Waals surface area contributed by atoms with Crippen LogP contribution in [0.4, 0.5) is 0 Å². The average Bonchev–Trinajstić information content (AvgIpc) is 3.46. The molecule has 1 heterocycles. The fourth-order valence-electron chi connectivity index (χ4n) is 4.67. The molecule has 1 saturated carbocycles. The number of nitrogens with one attached hydrogen (secondary N) is 3. The highest BCUT2D eigenvalue weighted by molar-refractivity contribution is 5.99. The van der Waals surface area contributed by atoms with Gasteiger partial charge in [-0.2, -0.15) is 5.48 Å². The standard InChI is InChI=1S/C29H35N5O5/c30-27(36)17-25(34-28(37)23-15-14-20-10-4-7-13-22(20)32-23)29(38)33-24(16-19-8-2-1-3-9-19)26(35)18-31-39-21-11-5-6-12-21/h1-4,7-10,13-15,21,24-26,31,35H,5-6,11-12,16-18H2,(H2,30,36)(H,33,38)(H,34,37)/t24-,25-,26+/m0/s1. The second kappa shape index (κ2) is 13.8. The smallest absolute Gasteiger partial charge is 0.270 e. The third-order valence-electron chi connectivity index (χ3n) is 6.79. The van der Waals surface area contributed by atoms with Crippen LogP contribution in [0.25, 0.3) is 10.9 Å². The summed E-state index contributed by atoms with van der Waals surface area (Å²) in [5.41, 5.74) is 9.86. The fourth-order valence-corrected chi connectivity index (χ4v) is 4.67. The molecule has 0 spiro atoms. The lowest BCUT2D eigenvalue weighted by atomic mass is 10.00. The minimum atomic E-state index is -1.25. The summed E-state index contributed by atoms with van der Waals surface area (Å²) in [6.07, 6.45) is 3.17. The number of aliphatic hydroxyl groups excluding tert-OH is 1. The highest BCUT2D eigenvalue weighted by Crippen LogP contribution is 2.20. The number of nitrogens with two attached hydrogens (primary N) is 1. The number of benzene rings is 2. The van der Waals surface area contributed by atoms with Gasteiger partial charge in [0, 0.05) is 11.9 Å². The van der Waals surface area contributed by atoms with E-state index in [0.717, 1.165) is 36.6 Å². The Morgan fingerprint density at radius 3 is 2.44 bits per heavy atom. The molecule has 0 radical (unpaired) electrons. The zero-order valence-corrected chi connectivity index (χ0v) is 21.7. The van der Waals surface area contributed by atoms with E-state index in [1.165, 1.54) is 0 Å². The third-order valence-corrected chi connectivity index (χ3v) is 6.79. The van der Waals surface area contributed by atoms with E-state index in [1.807, 2.05) is 48.5 Å². The molecule has 0 aliphatic heterocycles. The second-order valence-electron chi connectivity index (χ2n) is 9.83. The zero-order valence-electron chi connectivity index (χ0n) is 21.7. The number of primary amides is 1. The molecule has 2 aromatic carbocycles. The van der Waals surface area contributed by atoms with Crippen LogP contribution in [-0.4, -0.2) is 58.6 Å². The van der Waals surface area contributed by atoms with Gasteiger partial charge < -0.3 is 21.5 Å². The van der Waals surface area contributed by atoms with E-state index in [1.54, 1.807) is 18.2 Å². The Hall–Kier alpha value is -3.86. The van der Waals surface area contributed by atoms with Gasteiger partial charge in [0.05, 0.1) is 30.2 Å². The lowest BCUT2D eigenvalue weighted by molar-refractivity contribution is -0.128. The van der Waals surface area contributed by atoms with Gasteiger partial charge in [-0.15, -0.1) is 0 Å². The Balaban J connectivity index is 1.44. The molecular weight excluding hydrogens is 498 g/mol. The van der Waals surface area contributed by atoms with E-state index < -0.39 is 42.3 Å². The lowest BCUT2D eigenvalue weighted by Gasteiger charge is -2.27. The summed E-state index contributed by atoms with van der Waals surface area (Å²) in [4.78, 5) is 48.1. The number of hydrogen-bond acceptors (Lipinski definition) is 7. The molecule has 3 aromatic rings. The van der Waals surface area contributed by atoms with E-state index in [9.17, 15) is 19.5 Å². The summed E-state index contributed by atoms with van der Waals surface area (Å²) >= 11 is 0. The highest BCUT2D eigenvalue weighted by Gasteiger charge is 2.29. The minimum absolute atomic E-state index is 0.0855. The molecule has 10 nitrogen and oxygen atoms in total. The van der Waals surface area contributed by atoms with Crippen molar-refractivity contribution in [1.82, 2.24) is 21.1 Å². The summed E-state index contributed by atoms with van der Waals surface area (Å²) in [7, 11) is 0.